The van der Waals surface area contributed by atoms with Crippen molar-refractivity contribution in [3.8, 4) is 11.5 Å². The van der Waals surface area contributed by atoms with Crippen molar-refractivity contribution in [1.29, 1.82) is 0 Å². The minimum absolute atomic E-state index is 0.0579. The molecular weight excluding hydrogens is 390 g/mol. The third kappa shape index (κ3) is 5.87. The molecule has 0 aliphatic rings. The molecule has 166 valence electrons. The third-order valence-corrected chi connectivity index (χ3v) is 4.89. The van der Waals surface area contributed by atoms with Gasteiger partial charge in [-0.05, 0) is 63.9 Å². The van der Waals surface area contributed by atoms with Crippen molar-refractivity contribution < 1.29 is 14.3 Å². The van der Waals surface area contributed by atoms with Crippen molar-refractivity contribution in [1.82, 2.24) is 5.32 Å². The molecule has 0 saturated carbocycles. The Hall–Kier alpha value is -3.28. The molecule has 0 saturated heterocycles. The minimum Gasteiger partial charge on any atom is -0.493 e. The first-order valence-corrected chi connectivity index (χ1v) is 10.3. The van der Waals surface area contributed by atoms with Crippen LogP contribution in [-0.2, 0) is 0 Å². The number of hydrogen-bond acceptors (Lipinski definition) is 5. The smallest absolute Gasteiger partial charge is 0.252 e. The second kappa shape index (κ2) is 10.7. The second-order valence-corrected chi connectivity index (χ2v) is 7.79. The van der Waals surface area contributed by atoms with E-state index in [9.17, 15) is 4.79 Å². The maximum absolute atomic E-state index is 12.9. The van der Waals surface area contributed by atoms with Gasteiger partial charge in [-0.2, -0.15) is 0 Å². The van der Waals surface area contributed by atoms with Gasteiger partial charge >= 0.3 is 0 Å². The van der Waals surface area contributed by atoms with Crippen LogP contribution in [0.2, 0.25) is 0 Å². The van der Waals surface area contributed by atoms with Gasteiger partial charge in [0.2, 0.25) is 0 Å². The van der Waals surface area contributed by atoms with Crippen molar-refractivity contribution >= 4 is 17.7 Å². The van der Waals surface area contributed by atoms with Crippen molar-refractivity contribution in [3.63, 3.8) is 0 Å². The summed E-state index contributed by atoms with van der Waals surface area (Å²) < 4.78 is 11.7. The number of aryl methyl sites for hydroxylation is 2. The Labute approximate surface area is 185 Å². The summed E-state index contributed by atoms with van der Waals surface area (Å²) in [7, 11) is 3.27. The highest BCUT2D eigenvalue weighted by molar-refractivity contribution is 6.11. The van der Waals surface area contributed by atoms with Crippen molar-refractivity contribution in [3.05, 3.63) is 64.3 Å². The van der Waals surface area contributed by atoms with Gasteiger partial charge in [0, 0.05) is 36.2 Å². The molecule has 0 unspecified atom stereocenters. The molecule has 6 nitrogen and oxygen atoms in total. The van der Waals surface area contributed by atoms with Crippen LogP contribution in [-0.4, -0.2) is 32.4 Å². The Morgan fingerprint density at radius 1 is 1.13 bits per heavy atom. The van der Waals surface area contributed by atoms with E-state index in [1.54, 1.807) is 20.4 Å². The standard InChI is InChI=1S/C25H33N3O3/c1-15(2)31-24-22(20(13-26)14-27-6)11-19(12-23(24)30-7)18(5)28-25(29)21-10-16(3)8-9-17(21)4/h8-15,18H,26H2,1-7H3,(H,28,29)/t18-/m1/s1. The van der Waals surface area contributed by atoms with Gasteiger partial charge in [-0.3, -0.25) is 9.79 Å². The number of nitrogens with zero attached hydrogens (tertiary/aromatic N) is 1. The molecule has 2 aromatic carbocycles. The second-order valence-electron chi connectivity index (χ2n) is 7.79. The summed E-state index contributed by atoms with van der Waals surface area (Å²) >= 11 is 0. The van der Waals surface area contributed by atoms with E-state index in [0.29, 0.717) is 22.6 Å². The van der Waals surface area contributed by atoms with Crippen LogP contribution in [0.4, 0.5) is 0 Å². The van der Waals surface area contributed by atoms with Gasteiger partial charge in [-0.1, -0.05) is 17.7 Å². The van der Waals surface area contributed by atoms with E-state index in [-0.39, 0.29) is 18.1 Å². The molecule has 0 bridgehead atoms. The highest BCUT2D eigenvalue weighted by Gasteiger charge is 2.21. The third-order valence-electron chi connectivity index (χ3n) is 4.89. The molecule has 1 amide bonds. The van der Waals surface area contributed by atoms with Gasteiger partial charge in [0.15, 0.2) is 11.5 Å². The Morgan fingerprint density at radius 3 is 2.42 bits per heavy atom. The zero-order valence-electron chi connectivity index (χ0n) is 19.4. The lowest BCUT2D eigenvalue weighted by Gasteiger charge is -2.22. The summed E-state index contributed by atoms with van der Waals surface area (Å²) in [4.78, 5) is 17.0. The number of rotatable bonds is 8. The fraction of sp³-hybridized carbons (Fsp3) is 0.360. The predicted octanol–water partition coefficient (Wildman–Crippen LogP) is 4.59. The molecule has 2 aromatic rings. The summed E-state index contributed by atoms with van der Waals surface area (Å²) in [5, 5.41) is 3.09. The zero-order valence-corrected chi connectivity index (χ0v) is 19.4. The molecule has 0 heterocycles. The predicted molar refractivity (Wildman–Crippen MR) is 127 cm³/mol. The van der Waals surface area contributed by atoms with Crippen LogP contribution in [0, 0.1) is 13.8 Å². The Morgan fingerprint density at radius 2 is 1.84 bits per heavy atom. The lowest BCUT2D eigenvalue weighted by Crippen LogP contribution is -2.27. The molecule has 3 N–H and O–H groups in total. The Balaban J connectivity index is 2.50. The molecule has 0 fully saturated rings. The first-order chi connectivity index (χ1) is 14.7. The van der Waals surface area contributed by atoms with Gasteiger partial charge in [0.1, 0.15) is 0 Å². The summed E-state index contributed by atoms with van der Waals surface area (Å²) in [6.07, 6.45) is 3.10. The van der Waals surface area contributed by atoms with Crippen LogP contribution in [0.3, 0.4) is 0 Å². The van der Waals surface area contributed by atoms with E-state index in [0.717, 1.165) is 22.3 Å². The van der Waals surface area contributed by atoms with Crippen LogP contribution in [0.25, 0.3) is 5.57 Å². The average molecular weight is 424 g/mol. The number of benzene rings is 2. The average Bonchev–Trinajstić information content (AvgIpc) is 2.73. The number of allylic oxidation sites excluding steroid dienone is 1. The monoisotopic (exact) mass is 423 g/mol. The number of nitrogens with two attached hydrogens (primary N) is 1. The quantitative estimate of drug-likeness (QED) is 0.608. The van der Waals surface area contributed by atoms with Gasteiger partial charge in [-0.25, -0.2) is 0 Å². The van der Waals surface area contributed by atoms with Crippen LogP contribution >= 0.6 is 0 Å². The molecular formula is C25H33N3O3. The maximum Gasteiger partial charge on any atom is 0.252 e. The number of amides is 1. The molecule has 0 aromatic heterocycles. The number of ether oxygens (including phenoxy) is 2. The summed E-state index contributed by atoms with van der Waals surface area (Å²) in [6.45, 7) is 9.74. The van der Waals surface area contributed by atoms with E-state index in [4.69, 9.17) is 15.2 Å². The van der Waals surface area contributed by atoms with Crippen LogP contribution in [0.15, 0.2) is 41.5 Å². The van der Waals surface area contributed by atoms with Crippen molar-refractivity contribution in [2.45, 2.75) is 46.8 Å². The van der Waals surface area contributed by atoms with Gasteiger partial charge in [-0.15, -0.1) is 0 Å². The fourth-order valence-corrected chi connectivity index (χ4v) is 3.28. The van der Waals surface area contributed by atoms with E-state index in [1.165, 1.54) is 6.20 Å². The topological polar surface area (TPSA) is 85.9 Å². The van der Waals surface area contributed by atoms with Gasteiger partial charge in [0.05, 0.1) is 19.3 Å². The fourth-order valence-electron chi connectivity index (χ4n) is 3.28. The largest absolute Gasteiger partial charge is 0.493 e. The van der Waals surface area contributed by atoms with Crippen molar-refractivity contribution in [2.24, 2.45) is 10.7 Å². The highest BCUT2D eigenvalue weighted by atomic mass is 16.5. The SMILES string of the molecule is CN=CC(=CN)c1cc([C@@H](C)NC(=O)c2cc(C)ccc2C)cc(OC)c1OC(C)C. The highest BCUT2D eigenvalue weighted by Crippen LogP contribution is 2.38. The number of hydrogen-bond donors (Lipinski definition) is 2. The number of nitrogens with one attached hydrogen (secondary N) is 1. The number of carbonyl (C=O) groups is 1. The number of methoxy groups -OCH3 is 1. The van der Waals surface area contributed by atoms with Gasteiger partial charge in [0.25, 0.3) is 5.91 Å². The lowest BCUT2D eigenvalue weighted by molar-refractivity contribution is 0.0939. The summed E-state index contributed by atoms with van der Waals surface area (Å²) in [5.41, 5.74) is 10.8. The van der Waals surface area contributed by atoms with E-state index >= 15 is 0 Å². The van der Waals surface area contributed by atoms with Crippen LogP contribution in [0.5, 0.6) is 11.5 Å². The van der Waals surface area contributed by atoms with Crippen LogP contribution in [0.1, 0.15) is 59.4 Å². The first-order valence-electron chi connectivity index (χ1n) is 10.3. The summed E-state index contributed by atoms with van der Waals surface area (Å²) in [5.74, 6) is 1.03. The van der Waals surface area contributed by atoms with Crippen LogP contribution < -0.4 is 20.5 Å². The Bertz CT molecular complexity index is 994. The van der Waals surface area contributed by atoms with E-state index in [1.807, 2.05) is 65.0 Å². The molecule has 0 spiro atoms. The molecule has 0 aliphatic heterocycles. The summed E-state index contributed by atoms with van der Waals surface area (Å²) in [6, 6.07) is 9.41. The molecule has 2 rings (SSSR count). The molecule has 1 atom stereocenters. The van der Waals surface area contributed by atoms with Crippen molar-refractivity contribution in [2.75, 3.05) is 14.2 Å². The maximum atomic E-state index is 12.9. The lowest BCUT2D eigenvalue weighted by atomic mass is 9.98. The minimum atomic E-state index is -0.272. The number of aliphatic imine (C=N–C) groups is 1. The van der Waals surface area contributed by atoms with E-state index in [2.05, 4.69) is 10.3 Å². The molecule has 31 heavy (non-hydrogen) atoms. The molecule has 6 heteroatoms. The normalized spacial score (nSPS) is 12.8. The molecule has 0 aliphatic carbocycles. The zero-order chi connectivity index (χ0) is 23.1. The Kier molecular flexibility index (Phi) is 8.25. The number of carbonyl (C=O) groups excluding carboxylic acids is 1. The first kappa shape index (κ1) is 24.0. The van der Waals surface area contributed by atoms with Gasteiger partial charge < -0.3 is 20.5 Å². The van der Waals surface area contributed by atoms with E-state index < -0.39 is 0 Å². The molecule has 0 radical (unpaired) electrons.